The van der Waals surface area contributed by atoms with E-state index in [1.165, 1.54) is 6.92 Å². The second kappa shape index (κ2) is 48.7. The molecule has 1 aliphatic rings. The third kappa shape index (κ3) is 35.5. The smallest absolute Gasteiger partial charge is 0.322 e. The Balaban J connectivity index is 3.53. The number of aliphatic hydroxyl groups is 2. The fraction of sp³-hybridized carbons (Fsp3) is 0.809. The number of carboxylic acid groups (broad SMARTS) is 1. The Morgan fingerprint density at radius 3 is 1.01 bits per heavy atom. The Morgan fingerprint density at radius 1 is 0.400 bits per heavy atom. The van der Waals surface area contributed by atoms with Crippen LogP contribution in [0.5, 0.6) is 0 Å². The molecule has 100 heavy (non-hydrogen) atoms. The number of hydrogen-bond donors (Lipinski definition) is 19. The molecule has 0 bridgehead atoms. The number of aliphatic carboxylic acids is 1. The maximum atomic E-state index is 14.4. The highest BCUT2D eigenvalue weighted by atomic mass is 16.4. The van der Waals surface area contributed by atoms with Crippen LogP contribution in [-0.2, 0) is 62.3 Å². The Bertz CT molecular complexity index is 2590. The van der Waals surface area contributed by atoms with Crippen LogP contribution in [-0.4, -0.2) is 210 Å². The molecule has 1 aliphatic heterocycles. The van der Waals surface area contributed by atoms with Crippen LogP contribution in [0.15, 0.2) is 0 Å². The van der Waals surface area contributed by atoms with Gasteiger partial charge >= 0.3 is 5.97 Å². The lowest BCUT2D eigenvalue weighted by Gasteiger charge is -2.30. The zero-order chi connectivity index (χ0) is 75.9. The van der Waals surface area contributed by atoms with Crippen LogP contribution in [0.4, 0.5) is 0 Å². The van der Waals surface area contributed by atoms with E-state index in [2.05, 4.69) is 69.1 Å². The van der Waals surface area contributed by atoms with E-state index in [0.29, 0.717) is 64.5 Å². The number of hydrogen-bond acceptors (Lipinski definition) is 19. The number of carbonyl (C=O) groups is 13. The summed E-state index contributed by atoms with van der Waals surface area (Å²) in [7, 11) is 0. The molecule has 14 atom stereocenters. The first-order chi connectivity index (χ1) is 47.0. The van der Waals surface area contributed by atoms with Gasteiger partial charge in [0, 0.05) is 0 Å². The molecule has 0 saturated carbocycles. The first-order valence-corrected chi connectivity index (χ1v) is 36.0. The Hall–Kier alpha value is -7.13. The van der Waals surface area contributed by atoms with Crippen LogP contribution < -0.4 is 86.3 Å². The molecule has 0 unspecified atom stereocenters. The molecule has 1 heterocycles. The van der Waals surface area contributed by atoms with Crippen molar-refractivity contribution in [2.24, 2.45) is 52.7 Å². The van der Waals surface area contributed by atoms with Crippen molar-refractivity contribution in [1.82, 2.24) is 69.1 Å². The average Bonchev–Trinajstić information content (AvgIpc) is 0.948. The number of nitrogens with one attached hydrogen (secondary N) is 13. The topological polar surface area (TPSA) is 517 Å². The lowest BCUT2D eigenvalue weighted by molar-refractivity contribution is -0.139. The normalized spacial score (nSPS) is 16.9. The van der Waals surface area contributed by atoms with Gasteiger partial charge in [0.25, 0.3) is 0 Å². The summed E-state index contributed by atoms with van der Waals surface area (Å²) >= 11 is 0. The van der Waals surface area contributed by atoms with Crippen LogP contribution in [0, 0.1) is 35.5 Å². The van der Waals surface area contributed by atoms with Crippen molar-refractivity contribution in [2.75, 3.05) is 39.3 Å². The van der Waals surface area contributed by atoms with Crippen molar-refractivity contribution in [3.8, 4) is 0 Å². The number of carboxylic acids is 1. The predicted molar refractivity (Wildman–Crippen MR) is 377 cm³/mol. The number of rotatable bonds is 51. The summed E-state index contributed by atoms with van der Waals surface area (Å²) in [5, 5.41) is 65.6. The third-order valence-electron chi connectivity index (χ3n) is 16.9. The van der Waals surface area contributed by atoms with Gasteiger partial charge in [0.15, 0.2) is 0 Å². The summed E-state index contributed by atoms with van der Waals surface area (Å²) in [5.41, 5.74) is 17.3. The van der Waals surface area contributed by atoms with E-state index in [9.17, 15) is 72.5 Å². The minimum atomic E-state index is -1.74. The summed E-state index contributed by atoms with van der Waals surface area (Å²) in [5.74, 6) is -12.2. The molecule has 0 spiro atoms. The van der Waals surface area contributed by atoms with Gasteiger partial charge < -0.3 is 102 Å². The molecule has 0 aromatic carbocycles. The van der Waals surface area contributed by atoms with Gasteiger partial charge in [-0.15, -0.1) is 0 Å². The van der Waals surface area contributed by atoms with Gasteiger partial charge in [0.2, 0.25) is 70.9 Å². The molecule has 1 saturated heterocycles. The summed E-state index contributed by atoms with van der Waals surface area (Å²) in [6, 6.07) is -15.2. The summed E-state index contributed by atoms with van der Waals surface area (Å²) in [6.07, 6.45) is 3.35. The van der Waals surface area contributed by atoms with Crippen molar-refractivity contribution >= 4 is 76.9 Å². The Labute approximate surface area is 591 Å². The van der Waals surface area contributed by atoms with Gasteiger partial charge in [-0.25, -0.2) is 0 Å². The van der Waals surface area contributed by atoms with E-state index in [1.807, 2.05) is 27.7 Å². The SMILES string of the molecule is CC[C@H](C)[C@H](NC(=O)[C@H](CC(C)C)NC(=O)[C@H](CCCCN)NC(=O)[C@H](CO)NC(=O)[C@H](CC(C)C)NC(=O)[C@H](CC(C)C)NC(=O)[C@@H](NC(=O)[C@H](CCCCN)NC(=O)[C@H](CC(C)C)NC(=O)[C@H](CC(C)C)NC(=O)[C@H](CCCCN)NC(=O)[C@@H]1CCCN1)[C@@H](C)O)C(=O)NCC(=O)O. The molecule has 1 rings (SSSR count). The predicted octanol–water partition coefficient (Wildman–Crippen LogP) is -1.69. The molecular formula is C68H126N16O16. The molecule has 0 aromatic heterocycles. The average molecular weight is 1420 g/mol. The first-order valence-electron chi connectivity index (χ1n) is 36.0. The van der Waals surface area contributed by atoms with Crippen molar-refractivity contribution < 1.29 is 77.6 Å². The highest BCUT2D eigenvalue weighted by Gasteiger charge is 2.39. The standard InChI is InChI=1S/C68H126N16O16/c1-14-42(12)55(67(99)73-35-54(87)88)83-65(97)52(34-41(10)11)78-59(91)46(23-16-19-27-70)76-66(98)53(36-85)82-64(96)50(32-39(6)7)80-63(95)51(33-40(8)9)81-68(100)56(43(13)86)84-60(92)47(24-17-20-28-71)75-61(93)48(30-37(2)3)79-62(94)49(31-38(4)5)77-58(90)45(22-15-18-26-69)74-57(89)44-25-21-29-72-44/h37-53,55-56,72,85-86H,14-36,69-71H2,1-13H3,(H,73,99)(H,74,89)(H,75,93)(H,76,98)(H,77,90)(H,78,91)(H,79,94)(H,80,95)(H,81,100)(H,82,96)(H,83,97)(H,84,92)(H,87,88)/t42-,43+,44-,45-,46-,47-,48-,49-,50-,51-,52-,53-,55-,56-/m0/s1. The van der Waals surface area contributed by atoms with Gasteiger partial charge in [-0.2, -0.15) is 0 Å². The number of carbonyl (C=O) groups excluding carboxylic acids is 12. The van der Waals surface area contributed by atoms with Crippen LogP contribution in [0.1, 0.15) is 199 Å². The number of nitrogens with two attached hydrogens (primary N) is 3. The number of unbranched alkanes of at least 4 members (excludes halogenated alkanes) is 3. The maximum absolute atomic E-state index is 14.4. The van der Waals surface area contributed by atoms with Crippen molar-refractivity contribution in [3.05, 3.63) is 0 Å². The van der Waals surface area contributed by atoms with Crippen LogP contribution in [0.25, 0.3) is 0 Å². The fourth-order valence-electron chi connectivity index (χ4n) is 11.2. The largest absolute Gasteiger partial charge is 0.480 e. The maximum Gasteiger partial charge on any atom is 0.322 e. The number of amides is 12. The quantitative estimate of drug-likeness (QED) is 0.0302. The van der Waals surface area contributed by atoms with Gasteiger partial charge in [0.05, 0.1) is 18.8 Å². The molecule has 22 N–H and O–H groups in total. The molecule has 32 nitrogen and oxygen atoms in total. The lowest BCUT2D eigenvalue weighted by Crippen LogP contribution is -2.62. The van der Waals surface area contributed by atoms with Crippen molar-refractivity contribution in [3.63, 3.8) is 0 Å². The van der Waals surface area contributed by atoms with E-state index in [-0.39, 0.29) is 100.0 Å². The molecule has 0 radical (unpaired) electrons. The third-order valence-corrected chi connectivity index (χ3v) is 16.9. The molecule has 574 valence electrons. The molecule has 0 aliphatic carbocycles. The summed E-state index contributed by atoms with van der Waals surface area (Å²) in [6.45, 7) is 22.5. The molecule has 0 aromatic rings. The van der Waals surface area contributed by atoms with E-state index >= 15 is 0 Å². The van der Waals surface area contributed by atoms with Gasteiger partial charge in [-0.1, -0.05) is 89.5 Å². The summed E-state index contributed by atoms with van der Waals surface area (Å²) < 4.78 is 0. The van der Waals surface area contributed by atoms with Gasteiger partial charge in [-0.05, 0) is 171 Å². The van der Waals surface area contributed by atoms with E-state index < -0.39 is 169 Å². The zero-order valence-corrected chi connectivity index (χ0v) is 61.6. The highest BCUT2D eigenvalue weighted by molar-refractivity contribution is 6.00. The molecule has 1 fully saturated rings. The second-order valence-corrected chi connectivity index (χ2v) is 28.6. The first kappa shape index (κ1) is 90.9. The zero-order valence-electron chi connectivity index (χ0n) is 61.6. The molecular weight excluding hydrogens is 1300 g/mol. The number of aliphatic hydroxyl groups excluding tert-OH is 2. The second-order valence-electron chi connectivity index (χ2n) is 28.6. The van der Waals surface area contributed by atoms with Gasteiger partial charge in [0.1, 0.15) is 73.0 Å². The minimum absolute atomic E-state index is 0.00432. The van der Waals surface area contributed by atoms with Crippen LogP contribution in [0.2, 0.25) is 0 Å². The Kier molecular flexibility index (Phi) is 44.2. The highest BCUT2D eigenvalue weighted by Crippen LogP contribution is 2.17. The van der Waals surface area contributed by atoms with E-state index in [4.69, 9.17) is 22.3 Å². The molecule has 32 heteroatoms. The van der Waals surface area contributed by atoms with Crippen LogP contribution >= 0.6 is 0 Å². The van der Waals surface area contributed by atoms with E-state index in [0.717, 1.165) is 6.42 Å². The van der Waals surface area contributed by atoms with Crippen LogP contribution in [0.3, 0.4) is 0 Å². The minimum Gasteiger partial charge on any atom is -0.480 e. The molecule has 12 amide bonds. The monoisotopic (exact) mass is 1420 g/mol. The van der Waals surface area contributed by atoms with Gasteiger partial charge in [-0.3, -0.25) is 62.3 Å². The Morgan fingerprint density at radius 2 is 0.700 bits per heavy atom. The van der Waals surface area contributed by atoms with Crippen molar-refractivity contribution in [2.45, 2.75) is 278 Å². The lowest BCUT2D eigenvalue weighted by atomic mass is 9.96. The van der Waals surface area contributed by atoms with Crippen molar-refractivity contribution in [1.29, 1.82) is 0 Å². The fourth-order valence-corrected chi connectivity index (χ4v) is 11.2. The van der Waals surface area contributed by atoms with E-state index in [1.54, 1.807) is 55.4 Å². The summed E-state index contributed by atoms with van der Waals surface area (Å²) in [4.78, 5) is 180.